The molecule has 0 saturated heterocycles. The SMILES string of the molecule is O=C1C=Cc2ccnnc2C1. The fourth-order valence-corrected chi connectivity index (χ4v) is 1.07. The highest BCUT2D eigenvalue weighted by molar-refractivity contribution is 5.97. The summed E-state index contributed by atoms with van der Waals surface area (Å²) in [4.78, 5) is 10.9. The second-order valence-electron chi connectivity index (χ2n) is 2.41. The van der Waals surface area contributed by atoms with E-state index in [2.05, 4.69) is 10.2 Å². The summed E-state index contributed by atoms with van der Waals surface area (Å²) in [6.45, 7) is 0. The van der Waals surface area contributed by atoms with Crippen molar-refractivity contribution in [3.8, 4) is 0 Å². The fraction of sp³-hybridized carbons (Fsp3) is 0.125. The number of carbonyl (C=O) groups excluding carboxylic acids is 1. The number of allylic oxidation sites excluding steroid dienone is 1. The maximum atomic E-state index is 10.9. The van der Waals surface area contributed by atoms with Crippen molar-refractivity contribution < 1.29 is 4.79 Å². The molecule has 0 atom stereocenters. The molecular weight excluding hydrogens is 140 g/mol. The van der Waals surface area contributed by atoms with Gasteiger partial charge in [-0.3, -0.25) is 4.79 Å². The van der Waals surface area contributed by atoms with E-state index in [-0.39, 0.29) is 5.78 Å². The smallest absolute Gasteiger partial charge is 0.161 e. The minimum absolute atomic E-state index is 0.0954. The van der Waals surface area contributed by atoms with Crippen LogP contribution in [0.5, 0.6) is 0 Å². The van der Waals surface area contributed by atoms with Crippen molar-refractivity contribution in [3.05, 3.63) is 29.6 Å². The molecule has 1 aromatic heterocycles. The van der Waals surface area contributed by atoms with Crippen molar-refractivity contribution in [2.24, 2.45) is 0 Å². The topological polar surface area (TPSA) is 42.9 Å². The first-order valence-electron chi connectivity index (χ1n) is 3.38. The van der Waals surface area contributed by atoms with E-state index in [0.29, 0.717) is 6.42 Å². The Hall–Kier alpha value is -1.51. The van der Waals surface area contributed by atoms with Crippen molar-refractivity contribution in [1.82, 2.24) is 10.2 Å². The Balaban J connectivity index is 2.54. The average molecular weight is 146 g/mol. The molecule has 0 spiro atoms. The van der Waals surface area contributed by atoms with Crippen LogP contribution in [0.2, 0.25) is 0 Å². The molecule has 0 N–H and O–H groups in total. The van der Waals surface area contributed by atoms with E-state index in [0.717, 1.165) is 11.3 Å². The summed E-state index contributed by atoms with van der Waals surface area (Å²) in [5.41, 5.74) is 1.78. The van der Waals surface area contributed by atoms with Gasteiger partial charge >= 0.3 is 0 Å². The summed E-state index contributed by atoms with van der Waals surface area (Å²) < 4.78 is 0. The van der Waals surface area contributed by atoms with E-state index < -0.39 is 0 Å². The lowest BCUT2D eigenvalue weighted by Crippen LogP contribution is -2.07. The number of rotatable bonds is 0. The number of hydrogen-bond acceptors (Lipinski definition) is 3. The van der Waals surface area contributed by atoms with Gasteiger partial charge in [0.1, 0.15) is 0 Å². The molecule has 0 bridgehead atoms. The molecule has 0 aliphatic heterocycles. The number of hydrogen-bond donors (Lipinski definition) is 0. The Morgan fingerprint density at radius 3 is 3.18 bits per heavy atom. The van der Waals surface area contributed by atoms with Crippen molar-refractivity contribution in [2.75, 3.05) is 0 Å². The van der Waals surface area contributed by atoms with Gasteiger partial charge in [-0.25, -0.2) is 0 Å². The van der Waals surface area contributed by atoms with Gasteiger partial charge in [0.2, 0.25) is 0 Å². The van der Waals surface area contributed by atoms with Crippen LogP contribution in [0.3, 0.4) is 0 Å². The quantitative estimate of drug-likeness (QED) is 0.538. The van der Waals surface area contributed by atoms with E-state index in [4.69, 9.17) is 0 Å². The standard InChI is InChI=1S/C8H6N2O/c11-7-2-1-6-3-4-9-10-8(6)5-7/h1-4H,5H2. The highest BCUT2D eigenvalue weighted by Crippen LogP contribution is 2.12. The number of nitrogens with zero attached hydrogens (tertiary/aromatic N) is 2. The van der Waals surface area contributed by atoms with Gasteiger partial charge in [-0.05, 0) is 23.8 Å². The molecule has 0 amide bonds. The summed E-state index contributed by atoms with van der Waals surface area (Å²) in [6, 6.07) is 1.85. The third-order valence-electron chi connectivity index (χ3n) is 1.62. The average Bonchev–Trinajstić information content (AvgIpc) is 2.04. The first-order valence-corrected chi connectivity index (χ1v) is 3.38. The van der Waals surface area contributed by atoms with E-state index in [1.54, 1.807) is 18.3 Å². The van der Waals surface area contributed by atoms with Crippen molar-refractivity contribution >= 4 is 11.9 Å². The Labute approximate surface area is 63.8 Å². The van der Waals surface area contributed by atoms with Crippen LogP contribution in [0.15, 0.2) is 18.3 Å². The summed E-state index contributed by atoms with van der Waals surface area (Å²) in [6.07, 6.45) is 5.36. The monoisotopic (exact) mass is 146 g/mol. The van der Waals surface area contributed by atoms with Gasteiger partial charge < -0.3 is 0 Å². The molecule has 1 aliphatic carbocycles. The number of fused-ring (bicyclic) bond motifs is 1. The normalized spacial score (nSPS) is 14.7. The lowest BCUT2D eigenvalue weighted by atomic mass is 10.0. The van der Waals surface area contributed by atoms with Crippen LogP contribution in [0, 0.1) is 0 Å². The van der Waals surface area contributed by atoms with E-state index in [1.165, 1.54) is 0 Å². The number of aromatic nitrogens is 2. The van der Waals surface area contributed by atoms with Crippen LogP contribution in [0.1, 0.15) is 11.3 Å². The predicted molar refractivity (Wildman–Crippen MR) is 39.8 cm³/mol. The Bertz CT molecular complexity index is 331. The Kier molecular flexibility index (Phi) is 1.28. The molecule has 1 aliphatic rings. The highest BCUT2D eigenvalue weighted by atomic mass is 16.1. The molecule has 0 radical (unpaired) electrons. The van der Waals surface area contributed by atoms with E-state index in [1.807, 2.05) is 6.07 Å². The van der Waals surface area contributed by atoms with Gasteiger partial charge in [0.25, 0.3) is 0 Å². The molecule has 0 unspecified atom stereocenters. The lowest BCUT2D eigenvalue weighted by Gasteiger charge is -2.04. The molecule has 11 heavy (non-hydrogen) atoms. The fourth-order valence-electron chi connectivity index (χ4n) is 1.07. The van der Waals surface area contributed by atoms with Crippen molar-refractivity contribution in [1.29, 1.82) is 0 Å². The van der Waals surface area contributed by atoms with Gasteiger partial charge in [0.15, 0.2) is 5.78 Å². The van der Waals surface area contributed by atoms with E-state index >= 15 is 0 Å². The first kappa shape index (κ1) is 6.22. The molecule has 2 rings (SSSR count). The molecule has 3 heteroatoms. The van der Waals surface area contributed by atoms with Crippen LogP contribution < -0.4 is 0 Å². The van der Waals surface area contributed by atoms with Gasteiger partial charge in [0, 0.05) is 0 Å². The zero-order valence-electron chi connectivity index (χ0n) is 5.82. The molecule has 54 valence electrons. The van der Waals surface area contributed by atoms with Gasteiger partial charge in [-0.15, -0.1) is 0 Å². The van der Waals surface area contributed by atoms with Crippen molar-refractivity contribution in [2.45, 2.75) is 6.42 Å². The van der Waals surface area contributed by atoms with Gasteiger partial charge in [-0.2, -0.15) is 10.2 Å². The van der Waals surface area contributed by atoms with Crippen LogP contribution in [0.25, 0.3) is 6.08 Å². The van der Waals surface area contributed by atoms with Crippen molar-refractivity contribution in [3.63, 3.8) is 0 Å². The first-order chi connectivity index (χ1) is 5.36. The highest BCUT2D eigenvalue weighted by Gasteiger charge is 2.10. The maximum absolute atomic E-state index is 10.9. The maximum Gasteiger partial charge on any atom is 0.161 e. The summed E-state index contributed by atoms with van der Waals surface area (Å²) in [5.74, 6) is 0.0954. The molecule has 0 aromatic carbocycles. The summed E-state index contributed by atoms with van der Waals surface area (Å²) >= 11 is 0. The minimum atomic E-state index is 0.0954. The summed E-state index contributed by atoms with van der Waals surface area (Å²) in [7, 11) is 0. The molecule has 0 saturated carbocycles. The zero-order chi connectivity index (χ0) is 7.68. The molecule has 3 nitrogen and oxygen atoms in total. The predicted octanol–water partition coefficient (Wildman–Crippen LogP) is 0.615. The second kappa shape index (κ2) is 2.27. The van der Waals surface area contributed by atoms with E-state index in [9.17, 15) is 4.79 Å². The molecule has 1 heterocycles. The molecule has 1 aromatic rings. The van der Waals surface area contributed by atoms with Gasteiger partial charge in [-0.1, -0.05) is 0 Å². The molecular formula is C8H6N2O. The Morgan fingerprint density at radius 1 is 1.36 bits per heavy atom. The third-order valence-corrected chi connectivity index (χ3v) is 1.62. The number of ketones is 1. The molecule has 0 fully saturated rings. The van der Waals surface area contributed by atoms with Crippen LogP contribution >= 0.6 is 0 Å². The summed E-state index contributed by atoms with van der Waals surface area (Å²) in [5, 5.41) is 7.54. The third kappa shape index (κ3) is 1.05. The number of carbonyl (C=O) groups is 1. The van der Waals surface area contributed by atoms with Crippen LogP contribution in [0.4, 0.5) is 0 Å². The lowest BCUT2D eigenvalue weighted by molar-refractivity contribution is -0.114. The van der Waals surface area contributed by atoms with Crippen LogP contribution in [-0.4, -0.2) is 16.0 Å². The largest absolute Gasteiger partial charge is 0.294 e. The Morgan fingerprint density at radius 2 is 2.27 bits per heavy atom. The van der Waals surface area contributed by atoms with Crippen LogP contribution in [-0.2, 0) is 11.2 Å². The second-order valence-corrected chi connectivity index (χ2v) is 2.41. The van der Waals surface area contributed by atoms with Gasteiger partial charge in [0.05, 0.1) is 18.3 Å². The minimum Gasteiger partial charge on any atom is -0.294 e. The zero-order valence-corrected chi connectivity index (χ0v) is 5.82.